The molecule has 0 heterocycles. The summed E-state index contributed by atoms with van der Waals surface area (Å²) in [5.41, 5.74) is 2.79. The number of nitrogens with one attached hydrogen (secondary N) is 1. The van der Waals surface area contributed by atoms with Crippen molar-refractivity contribution in [2.75, 3.05) is 17.9 Å². The normalized spacial score (nSPS) is 12.3. The van der Waals surface area contributed by atoms with Crippen LogP contribution in [0.25, 0.3) is 0 Å². The SMILES string of the molecule is CSc1cccc(C(Cl)=NNc2cc(SC)cc(C(F)(F)F)c2)c1. The van der Waals surface area contributed by atoms with E-state index in [1.165, 1.54) is 11.8 Å². The van der Waals surface area contributed by atoms with Gasteiger partial charge in [0, 0.05) is 15.4 Å². The van der Waals surface area contributed by atoms with Crippen LogP contribution in [0, 0.1) is 0 Å². The Morgan fingerprint density at radius 3 is 2.38 bits per heavy atom. The average molecular weight is 391 g/mol. The van der Waals surface area contributed by atoms with Crippen molar-refractivity contribution >= 4 is 46.0 Å². The molecule has 2 nitrogen and oxygen atoms in total. The summed E-state index contributed by atoms with van der Waals surface area (Å²) in [4.78, 5) is 1.51. The van der Waals surface area contributed by atoms with E-state index in [0.717, 1.165) is 17.0 Å². The highest BCUT2D eigenvalue weighted by Gasteiger charge is 2.31. The van der Waals surface area contributed by atoms with Crippen molar-refractivity contribution in [2.45, 2.75) is 16.0 Å². The van der Waals surface area contributed by atoms with E-state index in [9.17, 15) is 13.2 Å². The molecular formula is C16H14ClF3N2S2. The van der Waals surface area contributed by atoms with Gasteiger partial charge >= 0.3 is 6.18 Å². The van der Waals surface area contributed by atoms with Crippen molar-refractivity contribution in [2.24, 2.45) is 5.10 Å². The summed E-state index contributed by atoms with van der Waals surface area (Å²) in [6.07, 6.45) is -0.763. The molecule has 0 aromatic heterocycles. The number of alkyl halides is 3. The minimum absolute atomic E-state index is 0.175. The van der Waals surface area contributed by atoms with E-state index < -0.39 is 11.7 Å². The zero-order valence-corrected chi connectivity index (χ0v) is 15.2. The van der Waals surface area contributed by atoms with E-state index in [2.05, 4.69) is 10.5 Å². The van der Waals surface area contributed by atoms with Gasteiger partial charge in [0.1, 0.15) is 0 Å². The molecule has 0 unspecified atom stereocenters. The number of hydrogen-bond acceptors (Lipinski definition) is 4. The van der Waals surface area contributed by atoms with Gasteiger partial charge in [0.15, 0.2) is 5.17 Å². The first-order chi connectivity index (χ1) is 11.3. The van der Waals surface area contributed by atoms with Crippen LogP contribution in [-0.4, -0.2) is 17.7 Å². The van der Waals surface area contributed by atoms with Gasteiger partial charge in [-0.15, -0.1) is 23.5 Å². The molecule has 0 aliphatic rings. The second-order valence-corrected chi connectivity index (χ2v) is 6.81. The topological polar surface area (TPSA) is 24.4 Å². The summed E-state index contributed by atoms with van der Waals surface area (Å²) in [5, 5.41) is 4.16. The summed E-state index contributed by atoms with van der Waals surface area (Å²) in [6.45, 7) is 0. The van der Waals surface area contributed by atoms with E-state index in [1.54, 1.807) is 30.2 Å². The van der Waals surface area contributed by atoms with Crippen LogP contribution in [0.3, 0.4) is 0 Å². The Morgan fingerprint density at radius 2 is 1.75 bits per heavy atom. The monoisotopic (exact) mass is 390 g/mol. The minimum Gasteiger partial charge on any atom is -0.277 e. The van der Waals surface area contributed by atoms with Gasteiger partial charge in [0.25, 0.3) is 0 Å². The molecule has 2 aromatic carbocycles. The molecule has 0 saturated heterocycles. The van der Waals surface area contributed by atoms with Gasteiger partial charge < -0.3 is 0 Å². The molecule has 0 spiro atoms. The van der Waals surface area contributed by atoms with Crippen LogP contribution in [0.15, 0.2) is 57.4 Å². The van der Waals surface area contributed by atoms with Crippen LogP contribution >= 0.6 is 35.1 Å². The summed E-state index contributed by atoms with van der Waals surface area (Å²) in [7, 11) is 0. The lowest BCUT2D eigenvalue weighted by atomic mass is 10.2. The Balaban J connectivity index is 2.26. The fraction of sp³-hybridized carbons (Fsp3) is 0.188. The molecule has 8 heteroatoms. The van der Waals surface area contributed by atoms with Crippen molar-refractivity contribution in [1.29, 1.82) is 0 Å². The Morgan fingerprint density at radius 1 is 1.04 bits per heavy atom. The van der Waals surface area contributed by atoms with Crippen molar-refractivity contribution in [3.05, 3.63) is 53.6 Å². The molecule has 0 amide bonds. The highest BCUT2D eigenvalue weighted by molar-refractivity contribution is 7.98. The second kappa shape index (κ2) is 8.18. The summed E-state index contributed by atoms with van der Waals surface area (Å²) in [6, 6.07) is 11.1. The van der Waals surface area contributed by atoms with Gasteiger partial charge in [-0.05, 0) is 42.8 Å². The molecule has 1 N–H and O–H groups in total. The fourth-order valence-electron chi connectivity index (χ4n) is 1.87. The lowest BCUT2D eigenvalue weighted by molar-refractivity contribution is -0.137. The molecular weight excluding hydrogens is 377 g/mol. The quantitative estimate of drug-likeness (QED) is 0.375. The van der Waals surface area contributed by atoms with Crippen LogP contribution in [0.4, 0.5) is 18.9 Å². The molecule has 0 aliphatic carbocycles. The standard InChI is InChI=1S/C16H14ClF3N2S2/c1-23-13-5-3-4-10(6-13)15(17)22-21-12-7-11(16(18,19)20)8-14(9-12)24-2/h3-9,21H,1-2H3. The Kier molecular flexibility index (Phi) is 6.48. The first kappa shape index (κ1) is 19.0. The number of rotatable bonds is 5. The fourth-order valence-corrected chi connectivity index (χ4v) is 2.98. The molecule has 0 fully saturated rings. The summed E-state index contributed by atoms with van der Waals surface area (Å²) in [5.74, 6) is 0. The van der Waals surface area contributed by atoms with Gasteiger partial charge in [-0.25, -0.2) is 0 Å². The predicted molar refractivity (Wildman–Crippen MR) is 97.5 cm³/mol. The van der Waals surface area contributed by atoms with Gasteiger partial charge in [0.2, 0.25) is 0 Å². The predicted octanol–water partition coefficient (Wildman–Crippen LogP) is 6.16. The molecule has 0 aliphatic heterocycles. The third-order valence-corrected chi connectivity index (χ3v) is 4.80. The van der Waals surface area contributed by atoms with E-state index in [-0.39, 0.29) is 10.9 Å². The van der Waals surface area contributed by atoms with E-state index in [1.807, 2.05) is 24.5 Å². The first-order valence-corrected chi connectivity index (χ1v) is 9.56. The number of thioether (sulfide) groups is 2. The molecule has 128 valence electrons. The van der Waals surface area contributed by atoms with Gasteiger partial charge in [0.05, 0.1) is 11.3 Å². The average Bonchev–Trinajstić information content (AvgIpc) is 2.58. The second-order valence-electron chi connectivity index (χ2n) is 4.69. The van der Waals surface area contributed by atoms with Gasteiger partial charge in [-0.3, -0.25) is 5.43 Å². The highest BCUT2D eigenvalue weighted by atomic mass is 35.5. The summed E-state index contributed by atoms with van der Waals surface area (Å²) >= 11 is 8.93. The van der Waals surface area contributed by atoms with Crippen molar-refractivity contribution in [3.8, 4) is 0 Å². The Bertz CT molecular complexity index is 748. The molecule has 24 heavy (non-hydrogen) atoms. The third-order valence-electron chi connectivity index (χ3n) is 3.06. The number of hydrazone groups is 1. The lowest BCUT2D eigenvalue weighted by Crippen LogP contribution is -2.06. The molecule has 0 saturated carbocycles. The minimum atomic E-state index is -4.41. The van der Waals surface area contributed by atoms with E-state index >= 15 is 0 Å². The maximum absolute atomic E-state index is 12.9. The zero-order valence-electron chi connectivity index (χ0n) is 12.8. The Labute approximate surface area is 151 Å². The Hall–Kier alpha value is -1.31. The van der Waals surface area contributed by atoms with Crippen LogP contribution in [-0.2, 0) is 6.18 Å². The molecule has 2 rings (SSSR count). The first-order valence-electron chi connectivity index (χ1n) is 6.73. The number of anilines is 1. The zero-order chi connectivity index (χ0) is 17.7. The van der Waals surface area contributed by atoms with Crippen LogP contribution < -0.4 is 5.43 Å². The largest absolute Gasteiger partial charge is 0.416 e. The van der Waals surface area contributed by atoms with Crippen molar-refractivity contribution in [3.63, 3.8) is 0 Å². The number of halogens is 4. The lowest BCUT2D eigenvalue weighted by Gasteiger charge is -2.11. The van der Waals surface area contributed by atoms with Crippen LogP contribution in [0.5, 0.6) is 0 Å². The highest BCUT2D eigenvalue weighted by Crippen LogP contribution is 2.34. The van der Waals surface area contributed by atoms with E-state index in [4.69, 9.17) is 11.6 Å². The maximum Gasteiger partial charge on any atom is 0.416 e. The van der Waals surface area contributed by atoms with Crippen LogP contribution in [0.2, 0.25) is 0 Å². The third kappa shape index (κ3) is 5.09. The summed E-state index contributed by atoms with van der Waals surface area (Å²) < 4.78 is 38.8. The molecule has 2 aromatic rings. The van der Waals surface area contributed by atoms with Crippen molar-refractivity contribution < 1.29 is 13.2 Å². The van der Waals surface area contributed by atoms with Crippen molar-refractivity contribution in [1.82, 2.24) is 0 Å². The van der Waals surface area contributed by atoms with Gasteiger partial charge in [-0.2, -0.15) is 18.3 Å². The smallest absolute Gasteiger partial charge is 0.277 e. The number of benzene rings is 2. The van der Waals surface area contributed by atoms with E-state index in [0.29, 0.717) is 10.5 Å². The van der Waals surface area contributed by atoms with Crippen LogP contribution in [0.1, 0.15) is 11.1 Å². The number of hydrogen-bond donors (Lipinski definition) is 1. The van der Waals surface area contributed by atoms with Gasteiger partial charge in [-0.1, -0.05) is 23.7 Å². The molecule has 0 radical (unpaired) electrons. The maximum atomic E-state index is 12.9. The molecule has 0 atom stereocenters. The number of nitrogens with zero attached hydrogens (tertiary/aromatic N) is 1. The molecule has 0 bridgehead atoms.